The number of anilines is 1. The standard InChI is InChI=1S/C14H18N2O5S2/c1-3-15(4-2)23(20,21)10-5-6-12-11(7-10)16(8-14(18)19)13(17)9-22-12/h5-7H,3-4,8-9H2,1-2H3,(H,18,19). The van der Waals surface area contributed by atoms with E-state index in [0.717, 1.165) is 4.90 Å². The third kappa shape index (κ3) is 3.51. The third-order valence-electron chi connectivity index (χ3n) is 3.51. The Kier molecular flexibility index (Phi) is 5.33. The Morgan fingerprint density at radius 1 is 1.35 bits per heavy atom. The predicted molar refractivity (Wildman–Crippen MR) is 87.3 cm³/mol. The Morgan fingerprint density at radius 2 is 2.00 bits per heavy atom. The van der Waals surface area contributed by atoms with Gasteiger partial charge in [0, 0.05) is 18.0 Å². The Bertz CT molecular complexity index is 729. The molecule has 0 bridgehead atoms. The number of hydrogen-bond acceptors (Lipinski definition) is 5. The number of carboxylic acid groups (broad SMARTS) is 1. The fourth-order valence-electron chi connectivity index (χ4n) is 2.36. The maximum atomic E-state index is 12.6. The van der Waals surface area contributed by atoms with E-state index in [2.05, 4.69) is 0 Å². The Balaban J connectivity index is 2.50. The van der Waals surface area contributed by atoms with Gasteiger partial charge in [-0.25, -0.2) is 8.42 Å². The van der Waals surface area contributed by atoms with Crippen molar-refractivity contribution in [1.82, 2.24) is 4.31 Å². The molecular weight excluding hydrogens is 340 g/mol. The van der Waals surface area contributed by atoms with Gasteiger partial charge in [-0.3, -0.25) is 14.5 Å². The largest absolute Gasteiger partial charge is 0.480 e. The Morgan fingerprint density at radius 3 is 2.57 bits per heavy atom. The summed E-state index contributed by atoms with van der Waals surface area (Å²) < 4.78 is 26.5. The molecule has 1 heterocycles. The van der Waals surface area contributed by atoms with Gasteiger partial charge in [-0.15, -0.1) is 11.8 Å². The van der Waals surface area contributed by atoms with Crippen LogP contribution in [-0.4, -0.2) is 55.1 Å². The monoisotopic (exact) mass is 358 g/mol. The van der Waals surface area contributed by atoms with Crippen molar-refractivity contribution in [3.63, 3.8) is 0 Å². The highest BCUT2D eigenvalue weighted by atomic mass is 32.2. The molecule has 1 amide bonds. The van der Waals surface area contributed by atoms with Crippen molar-refractivity contribution < 1.29 is 23.1 Å². The topological polar surface area (TPSA) is 95.0 Å². The molecule has 1 aromatic rings. The van der Waals surface area contributed by atoms with Gasteiger partial charge in [-0.2, -0.15) is 4.31 Å². The second-order valence-corrected chi connectivity index (χ2v) is 7.84. The smallest absolute Gasteiger partial charge is 0.323 e. The fourth-order valence-corrected chi connectivity index (χ4v) is 4.76. The molecule has 126 valence electrons. The minimum absolute atomic E-state index is 0.0608. The van der Waals surface area contributed by atoms with Gasteiger partial charge in [0.2, 0.25) is 15.9 Å². The van der Waals surface area contributed by atoms with Crippen LogP contribution >= 0.6 is 11.8 Å². The molecule has 0 radical (unpaired) electrons. The molecule has 0 atom stereocenters. The van der Waals surface area contributed by atoms with Crippen LogP contribution in [0.25, 0.3) is 0 Å². The van der Waals surface area contributed by atoms with Gasteiger partial charge >= 0.3 is 5.97 Å². The molecule has 0 aliphatic carbocycles. The first-order valence-electron chi connectivity index (χ1n) is 7.10. The van der Waals surface area contributed by atoms with Crippen LogP contribution < -0.4 is 4.90 Å². The van der Waals surface area contributed by atoms with E-state index in [-0.39, 0.29) is 16.6 Å². The molecule has 9 heteroatoms. The quantitative estimate of drug-likeness (QED) is 0.822. The summed E-state index contributed by atoms with van der Waals surface area (Å²) in [6.45, 7) is 3.68. The number of aliphatic carboxylic acids is 1. The van der Waals surface area contributed by atoms with E-state index < -0.39 is 22.5 Å². The SMILES string of the molecule is CCN(CC)S(=O)(=O)c1ccc2c(c1)N(CC(=O)O)C(=O)CS2. The molecule has 0 saturated heterocycles. The normalized spacial score (nSPS) is 14.9. The molecule has 2 rings (SSSR count). The lowest BCUT2D eigenvalue weighted by atomic mass is 10.2. The number of nitrogens with zero attached hydrogens (tertiary/aromatic N) is 2. The second kappa shape index (κ2) is 6.90. The van der Waals surface area contributed by atoms with Crippen LogP contribution in [0.2, 0.25) is 0 Å². The molecule has 0 aromatic heterocycles. The molecule has 0 fully saturated rings. The van der Waals surface area contributed by atoms with Crippen molar-refractivity contribution in [3.05, 3.63) is 18.2 Å². The summed E-state index contributed by atoms with van der Waals surface area (Å²) >= 11 is 1.27. The number of carbonyl (C=O) groups is 2. The first kappa shape index (κ1) is 17.8. The number of rotatable bonds is 6. The van der Waals surface area contributed by atoms with Crippen LogP contribution in [0.1, 0.15) is 13.8 Å². The van der Waals surface area contributed by atoms with Crippen LogP contribution in [0, 0.1) is 0 Å². The number of amides is 1. The average Bonchev–Trinajstić information content (AvgIpc) is 2.50. The first-order chi connectivity index (χ1) is 10.8. The number of carbonyl (C=O) groups excluding carboxylic acids is 1. The van der Waals surface area contributed by atoms with Crippen LogP contribution in [0.3, 0.4) is 0 Å². The number of thioether (sulfide) groups is 1. The van der Waals surface area contributed by atoms with Crippen molar-refractivity contribution >= 4 is 39.3 Å². The number of fused-ring (bicyclic) bond motifs is 1. The second-order valence-electron chi connectivity index (χ2n) is 4.88. The van der Waals surface area contributed by atoms with Crippen molar-refractivity contribution in [2.75, 3.05) is 30.3 Å². The molecule has 1 N–H and O–H groups in total. The summed E-state index contributed by atoms with van der Waals surface area (Å²) in [6.07, 6.45) is 0. The van der Waals surface area contributed by atoms with Gasteiger partial charge in [-0.1, -0.05) is 13.8 Å². The lowest BCUT2D eigenvalue weighted by Crippen LogP contribution is -2.39. The summed E-state index contributed by atoms with van der Waals surface area (Å²) in [7, 11) is -3.67. The minimum Gasteiger partial charge on any atom is -0.480 e. The highest BCUT2D eigenvalue weighted by Gasteiger charge is 2.29. The van der Waals surface area contributed by atoms with Crippen LogP contribution in [0.15, 0.2) is 28.0 Å². The summed E-state index contributed by atoms with van der Waals surface area (Å²) in [6, 6.07) is 4.50. The molecule has 0 saturated carbocycles. The summed E-state index contributed by atoms with van der Waals surface area (Å²) in [5.74, 6) is -1.35. The molecular formula is C14H18N2O5S2. The van der Waals surface area contributed by atoms with Gasteiger partial charge in [0.1, 0.15) is 6.54 Å². The molecule has 0 unspecified atom stereocenters. The Hall–Kier alpha value is -1.58. The zero-order valence-corrected chi connectivity index (χ0v) is 14.5. The van der Waals surface area contributed by atoms with E-state index in [9.17, 15) is 18.0 Å². The minimum atomic E-state index is -3.67. The van der Waals surface area contributed by atoms with Crippen LogP contribution in [0.4, 0.5) is 5.69 Å². The molecule has 1 aliphatic rings. The zero-order chi connectivity index (χ0) is 17.2. The maximum absolute atomic E-state index is 12.6. The average molecular weight is 358 g/mol. The predicted octanol–water partition coefficient (Wildman–Crippen LogP) is 1.24. The molecule has 0 spiro atoms. The first-order valence-corrected chi connectivity index (χ1v) is 9.53. The molecule has 1 aromatic carbocycles. The van der Waals surface area contributed by atoms with Crippen LogP contribution in [0.5, 0.6) is 0 Å². The van der Waals surface area contributed by atoms with Crippen LogP contribution in [-0.2, 0) is 19.6 Å². The molecule has 23 heavy (non-hydrogen) atoms. The molecule has 1 aliphatic heterocycles. The highest BCUT2D eigenvalue weighted by Crippen LogP contribution is 2.37. The number of sulfonamides is 1. The summed E-state index contributed by atoms with van der Waals surface area (Å²) in [5, 5.41) is 8.98. The summed E-state index contributed by atoms with van der Waals surface area (Å²) in [5.41, 5.74) is 0.335. The van der Waals surface area contributed by atoms with E-state index >= 15 is 0 Å². The Labute approximate surface area is 139 Å². The van der Waals surface area contributed by atoms with Gasteiger partial charge in [0.15, 0.2) is 0 Å². The number of hydrogen-bond donors (Lipinski definition) is 1. The van der Waals surface area contributed by atoms with Gasteiger partial charge in [0.05, 0.1) is 16.3 Å². The van der Waals surface area contributed by atoms with Gasteiger partial charge < -0.3 is 5.11 Å². The summed E-state index contributed by atoms with van der Waals surface area (Å²) in [4.78, 5) is 24.8. The van der Waals surface area contributed by atoms with E-state index in [1.165, 1.54) is 28.2 Å². The molecule has 7 nitrogen and oxygen atoms in total. The van der Waals surface area contributed by atoms with Crippen molar-refractivity contribution in [2.24, 2.45) is 0 Å². The van der Waals surface area contributed by atoms with E-state index in [1.54, 1.807) is 19.9 Å². The highest BCUT2D eigenvalue weighted by molar-refractivity contribution is 8.00. The van der Waals surface area contributed by atoms with E-state index in [1.807, 2.05) is 0 Å². The maximum Gasteiger partial charge on any atom is 0.323 e. The van der Waals surface area contributed by atoms with Gasteiger partial charge in [0.25, 0.3) is 0 Å². The lowest BCUT2D eigenvalue weighted by Gasteiger charge is -2.28. The third-order valence-corrected chi connectivity index (χ3v) is 6.60. The van der Waals surface area contributed by atoms with Gasteiger partial charge in [-0.05, 0) is 18.2 Å². The zero-order valence-electron chi connectivity index (χ0n) is 12.9. The van der Waals surface area contributed by atoms with E-state index in [0.29, 0.717) is 23.7 Å². The number of carboxylic acids is 1. The fraction of sp³-hybridized carbons (Fsp3) is 0.429. The lowest BCUT2D eigenvalue weighted by molar-refractivity contribution is -0.136. The van der Waals surface area contributed by atoms with Crippen molar-refractivity contribution in [1.29, 1.82) is 0 Å². The van der Waals surface area contributed by atoms with E-state index in [4.69, 9.17) is 5.11 Å². The van der Waals surface area contributed by atoms with Crippen molar-refractivity contribution in [2.45, 2.75) is 23.6 Å². The number of benzene rings is 1. The van der Waals surface area contributed by atoms with Crippen molar-refractivity contribution in [3.8, 4) is 0 Å².